The van der Waals surface area contributed by atoms with Gasteiger partial charge in [0, 0.05) is 17.8 Å². The van der Waals surface area contributed by atoms with Crippen molar-refractivity contribution in [2.45, 2.75) is 19.4 Å². The van der Waals surface area contributed by atoms with Crippen LogP contribution in [0.25, 0.3) is 0 Å². The van der Waals surface area contributed by atoms with Gasteiger partial charge in [-0.2, -0.15) is 0 Å². The average molecular weight is 229 g/mol. The van der Waals surface area contributed by atoms with Crippen LogP contribution >= 0.6 is 11.3 Å². The number of nitrogens with two attached hydrogens (primary N) is 1. The number of aromatic nitrogens is 1. The van der Waals surface area contributed by atoms with E-state index < -0.39 is 0 Å². The lowest BCUT2D eigenvalue weighted by Crippen LogP contribution is -2.35. The molecule has 1 aromatic rings. The van der Waals surface area contributed by atoms with Crippen LogP contribution in [0.3, 0.4) is 0 Å². The number of hydrogen-bond acceptors (Lipinski definition) is 5. The summed E-state index contributed by atoms with van der Waals surface area (Å²) >= 11 is 1.42. The topological polar surface area (TPSA) is 88.2 Å². The normalized spacial score (nSPS) is 12.5. The quantitative estimate of drug-likeness (QED) is 0.650. The van der Waals surface area contributed by atoms with Gasteiger partial charge in [0.1, 0.15) is 5.69 Å². The zero-order valence-electron chi connectivity index (χ0n) is 8.56. The zero-order valence-corrected chi connectivity index (χ0v) is 9.38. The van der Waals surface area contributed by atoms with Crippen molar-refractivity contribution in [2.24, 2.45) is 5.73 Å². The predicted molar refractivity (Wildman–Crippen MR) is 58.9 cm³/mol. The Bertz CT molecular complexity index is 327. The smallest absolute Gasteiger partial charge is 0.271 e. The number of hydrogen-bond donors (Lipinski definition) is 3. The van der Waals surface area contributed by atoms with Crippen LogP contribution < -0.4 is 11.1 Å². The summed E-state index contributed by atoms with van der Waals surface area (Å²) in [6, 6.07) is -0.253. The number of nitrogens with one attached hydrogen (secondary N) is 1. The minimum atomic E-state index is -0.254. The van der Waals surface area contributed by atoms with E-state index in [0.29, 0.717) is 18.7 Å². The highest BCUT2D eigenvalue weighted by atomic mass is 32.1. The fourth-order valence-corrected chi connectivity index (χ4v) is 1.79. The number of nitrogens with zero attached hydrogens (tertiary/aromatic N) is 1. The van der Waals surface area contributed by atoms with Crippen molar-refractivity contribution >= 4 is 17.2 Å². The van der Waals surface area contributed by atoms with E-state index in [2.05, 4.69) is 10.3 Å². The second-order valence-corrected chi connectivity index (χ2v) is 4.16. The van der Waals surface area contributed by atoms with Crippen LogP contribution in [0.5, 0.6) is 0 Å². The van der Waals surface area contributed by atoms with Gasteiger partial charge in [-0.3, -0.25) is 4.79 Å². The molecule has 1 heterocycles. The number of amides is 1. The predicted octanol–water partition coefficient (Wildman–Crippen LogP) is -0.245. The molecule has 0 radical (unpaired) electrons. The van der Waals surface area contributed by atoms with E-state index in [9.17, 15) is 4.79 Å². The van der Waals surface area contributed by atoms with E-state index >= 15 is 0 Å². The Hall–Kier alpha value is -0.980. The molecule has 0 aliphatic heterocycles. The van der Waals surface area contributed by atoms with Crippen molar-refractivity contribution in [1.82, 2.24) is 10.3 Å². The van der Waals surface area contributed by atoms with Gasteiger partial charge in [-0.15, -0.1) is 11.3 Å². The maximum absolute atomic E-state index is 11.5. The highest BCUT2D eigenvalue weighted by Crippen LogP contribution is 2.09. The Labute approximate surface area is 92.3 Å². The number of aliphatic hydroxyl groups is 1. The Balaban J connectivity index is 2.58. The molecule has 1 amide bonds. The molecule has 1 aromatic heterocycles. The van der Waals surface area contributed by atoms with Crippen LogP contribution in [0.1, 0.15) is 22.4 Å². The van der Waals surface area contributed by atoms with Crippen molar-refractivity contribution in [2.75, 3.05) is 13.2 Å². The second kappa shape index (κ2) is 5.79. The van der Waals surface area contributed by atoms with Crippen LogP contribution in [0.4, 0.5) is 0 Å². The van der Waals surface area contributed by atoms with Crippen LogP contribution in [-0.2, 0) is 6.42 Å². The van der Waals surface area contributed by atoms with Gasteiger partial charge in [-0.1, -0.05) is 0 Å². The van der Waals surface area contributed by atoms with Crippen LogP contribution in [0.2, 0.25) is 0 Å². The number of aliphatic hydroxyl groups excluding tert-OH is 1. The SMILES string of the molecule is C[C@H](CO)NC(=O)c1csc(CCN)n1. The molecule has 1 atom stereocenters. The van der Waals surface area contributed by atoms with Crippen molar-refractivity contribution in [3.05, 3.63) is 16.1 Å². The summed E-state index contributed by atoms with van der Waals surface area (Å²) in [5.74, 6) is -0.254. The van der Waals surface area contributed by atoms with E-state index in [-0.39, 0.29) is 18.6 Å². The van der Waals surface area contributed by atoms with E-state index in [0.717, 1.165) is 5.01 Å². The Morgan fingerprint density at radius 2 is 2.53 bits per heavy atom. The number of carbonyl (C=O) groups excluding carboxylic acids is 1. The minimum Gasteiger partial charge on any atom is -0.394 e. The van der Waals surface area contributed by atoms with E-state index in [1.54, 1.807) is 12.3 Å². The van der Waals surface area contributed by atoms with Gasteiger partial charge in [0.15, 0.2) is 0 Å². The summed E-state index contributed by atoms with van der Waals surface area (Å²) in [6.45, 7) is 2.18. The molecule has 6 heteroatoms. The summed E-state index contributed by atoms with van der Waals surface area (Å²) in [6.07, 6.45) is 0.688. The summed E-state index contributed by atoms with van der Waals surface area (Å²) < 4.78 is 0. The van der Waals surface area contributed by atoms with Crippen LogP contribution in [0, 0.1) is 0 Å². The average Bonchev–Trinajstić information content (AvgIpc) is 2.67. The fourth-order valence-electron chi connectivity index (χ4n) is 0.997. The standard InChI is InChI=1S/C9H15N3O2S/c1-6(4-13)11-9(14)7-5-15-8(12-7)2-3-10/h5-6,13H,2-4,10H2,1H3,(H,11,14)/t6-/m1/s1. The fraction of sp³-hybridized carbons (Fsp3) is 0.556. The number of rotatable bonds is 5. The third kappa shape index (κ3) is 3.58. The van der Waals surface area contributed by atoms with E-state index in [1.165, 1.54) is 11.3 Å². The van der Waals surface area contributed by atoms with Crippen molar-refractivity contribution in [1.29, 1.82) is 0 Å². The first-order chi connectivity index (χ1) is 7.17. The first-order valence-electron chi connectivity index (χ1n) is 4.73. The van der Waals surface area contributed by atoms with Gasteiger partial charge in [0.25, 0.3) is 5.91 Å². The third-order valence-electron chi connectivity index (χ3n) is 1.79. The molecule has 0 bridgehead atoms. The maximum atomic E-state index is 11.5. The highest BCUT2D eigenvalue weighted by Gasteiger charge is 2.12. The van der Waals surface area contributed by atoms with Gasteiger partial charge in [-0.05, 0) is 13.5 Å². The molecular formula is C9H15N3O2S. The van der Waals surface area contributed by atoms with Crippen LogP contribution in [-0.4, -0.2) is 35.2 Å². The number of carbonyl (C=O) groups is 1. The van der Waals surface area contributed by atoms with Gasteiger partial charge >= 0.3 is 0 Å². The molecule has 0 aliphatic carbocycles. The largest absolute Gasteiger partial charge is 0.394 e. The minimum absolute atomic E-state index is 0.0778. The van der Waals surface area contributed by atoms with Gasteiger partial charge in [0.2, 0.25) is 0 Å². The van der Waals surface area contributed by atoms with Crippen molar-refractivity contribution < 1.29 is 9.90 Å². The molecule has 4 N–H and O–H groups in total. The summed E-state index contributed by atoms with van der Waals surface area (Å²) in [5.41, 5.74) is 5.77. The lowest BCUT2D eigenvalue weighted by Gasteiger charge is -2.08. The van der Waals surface area contributed by atoms with E-state index in [4.69, 9.17) is 10.8 Å². The molecule has 0 fully saturated rings. The second-order valence-electron chi connectivity index (χ2n) is 3.22. The molecule has 15 heavy (non-hydrogen) atoms. The third-order valence-corrected chi connectivity index (χ3v) is 2.70. The highest BCUT2D eigenvalue weighted by molar-refractivity contribution is 7.09. The first kappa shape index (κ1) is 12.1. The molecular weight excluding hydrogens is 214 g/mol. The lowest BCUT2D eigenvalue weighted by atomic mass is 10.3. The first-order valence-corrected chi connectivity index (χ1v) is 5.61. The molecule has 5 nitrogen and oxygen atoms in total. The Morgan fingerprint density at radius 3 is 3.13 bits per heavy atom. The molecule has 0 aliphatic rings. The molecule has 0 aromatic carbocycles. The summed E-state index contributed by atoms with van der Waals surface area (Å²) in [7, 11) is 0. The zero-order chi connectivity index (χ0) is 11.3. The van der Waals surface area contributed by atoms with Crippen LogP contribution in [0.15, 0.2) is 5.38 Å². The summed E-state index contributed by atoms with van der Waals surface area (Å²) in [4.78, 5) is 15.7. The molecule has 1 rings (SSSR count). The Morgan fingerprint density at radius 1 is 1.80 bits per heavy atom. The van der Waals surface area contributed by atoms with Gasteiger partial charge < -0.3 is 16.2 Å². The van der Waals surface area contributed by atoms with Gasteiger partial charge in [-0.25, -0.2) is 4.98 Å². The lowest BCUT2D eigenvalue weighted by molar-refractivity contribution is 0.0918. The van der Waals surface area contributed by atoms with Crippen molar-refractivity contribution in [3.8, 4) is 0 Å². The maximum Gasteiger partial charge on any atom is 0.271 e. The molecule has 0 saturated heterocycles. The summed E-state index contributed by atoms with van der Waals surface area (Å²) in [5, 5.41) is 14.0. The van der Waals surface area contributed by atoms with E-state index in [1.807, 2.05) is 0 Å². The van der Waals surface area contributed by atoms with Gasteiger partial charge in [0.05, 0.1) is 11.6 Å². The monoisotopic (exact) mass is 229 g/mol. The molecule has 0 spiro atoms. The molecule has 0 unspecified atom stereocenters. The molecule has 84 valence electrons. The molecule has 0 saturated carbocycles. The van der Waals surface area contributed by atoms with Crippen molar-refractivity contribution in [3.63, 3.8) is 0 Å². The number of thiazole rings is 1. The Kier molecular flexibility index (Phi) is 4.67.